The molecule has 6 aliphatic carbocycles. The Bertz CT molecular complexity index is 2220. The zero-order valence-electron chi connectivity index (χ0n) is 33.3. The van der Waals surface area contributed by atoms with Gasteiger partial charge in [0.15, 0.2) is 5.78 Å². The predicted octanol–water partition coefficient (Wildman–Crippen LogP) is 9.87. The Morgan fingerprint density at radius 3 is 2.11 bits per heavy atom. The molecular formula is C50H54N2O5. The van der Waals surface area contributed by atoms with Crippen LogP contribution in [0, 0.1) is 33.5 Å². The van der Waals surface area contributed by atoms with Gasteiger partial charge in [0, 0.05) is 39.6 Å². The second kappa shape index (κ2) is 13.8. The number of hydrogen-bond donors (Lipinski definition) is 3. The van der Waals surface area contributed by atoms with Crippen LogP contribution < -0.4 is 10.1 Å². The lowest BCUT2D eigenvalue weighted by molar-refractivity contribution is -0.174. The molecule has 0 aromatic heterocycles. The molecule has 294 valence electrons. The highest BCUT2D eigenvalue weighted by Crippen LogP contribution is 2.78. The summed E-state index contributed by atoms with van der Waals surface area (Å²) in [5.74, 6) is 0.882. The van der Waals surface area contributed by atoms with Crippen molar-refractivity contribution in [2.24, 2.45) is 33.5 Å². The number of benzene rings is 4. The van der Waals surface area contributed by atoms with Gasteiger partial charge in [0.05, 0.1) is 25.4 Å². The quantitative estimate of drug-likeness (QED) is 0.117. The molecule has 57 heavy (non-hydrogen) atoms. The minimum atomic E-state index is -1.21. The summed E-state index contributed by atoms with van der Waals surface area (Å²) in [6.45, 7) is 5.13. The van der Waals surface area contributed by atoms with E-state index >= 15 is 4.79 Å². The molecule has 0 radical (unpaired) electrons. The molecule has 0 saturated heterocycles. The van der Waals surface area contributed by atoms with E-state index in [9.17, 15) is 15.0 Å². The zero-order chi connectivity index (χ0) is 39.6. The van der Waals surface area contributed by atoms with E-state index in [1.54, 1.807) is 12.0 Å². The van der Waals surface area contributed by atoms with E-state index < -0.39 is 27.9 Å². The van der Waals surface area contributed by atoms with E-state index in [-0.39, 0.29) is 35.6 Å². The molecule has 3 N–H and O–H groups in total. The van der Waals surface area contributed by atoms with E-state index in [2.05, 4.69) is 49.5 Å². The number of nitrogens with one attached hydrogen (secondary N) is 1. The van der Waals surface area contributed by atoms with Gasteiger partial charge in [-0.2, -0.15) is 0 Å². The fourth-order valence-electron chi connectivity index (χ4n) is 12.4. The maximum Gasteiger partial charge on any atom is 0.322 e. The summed E-state index contributed by atoms with van der Waals surface area (Å²) in [5.41, 5.74) is 2.33. The van der Waals surface area contributed by atoms with Gasteiger partial charge in [0.2, 0.25) is 0 Å². The predicted molar refractivity (Wildman–Crippen MR) is 224 cm³/mol. The Balaban J connectivity index is 1.09. The summed E-state index contributed by atoms with van der Waals surface area (Å²) in [4.78, 5) is 31.2. The molecular weight excluding hydrogens is 709 g/mol. The Labute approximate surface area is 336 Å². The standard InChI is InChI=1S/C50H54N2O5/c1-46-25-22-39(53)30-48(46)28-29-50(41(31-48)44(54)37-16-14-36(15-17-37)35-12-8-5-9-13-35)42(46)23-26-47(2)43(50)24-27-49(47,56)33-52(32-34-10-6-4-7-11-34)45(55)51-38-18-20-40(57-3)21-19-38/h4-21,28-29,31,39,42-43,53,56H,22-27,30,32-33H2,1-3H3,(H,51,55)/t39?,42-,43-,46-,47+,48+,49-,50-/m1/s1. The average Bonchev–Trinajstić information content (AvgIpc) is 3.51. The van der Waals surface area contributed by atoms with Crippen molar-refractivity contribution >= 4 is 17.5 Å². The number of aliphatic hydroxyl groups excluding tert-OH is 1. The lowest BCUT2D eigenvalue weighted by Gasteiger charge is -2.71. The van der Waals surface area contributed by atoms with Gasteiger partial charge in [-0.1, -0.05) is 117 Å². The van der Waals surface area contributed by atoms with Crippen LogP contribution in [-0.2, 0) is 6.54 Å². The van der Waals surface area contributed by atoms with E-state index in [0.717, 1.165) is 54.4 Å². The maximum absolute atomic E-state index is 15.2. The van der Waals surface area contributed by atoms with Crippen molar-refractivity contribution < 1.29 is 24.5 Å². The zero-order valence-corrected chi connectivity index (χ0v) is 33.3. The third-order valence-electron chi connectivity index (χ3n) is 15.5. The highest BCUT2D eigenvalue weighted by atomic mass is 16.5. The van der Waals surface area contributed by atoms with Gasteiger partial charge in [-0.3, -0.25) is 4.79 Å². The summed E-state index contributed by atoms with van der Waals surface area (Å²) >= 11 is 0. The monoisotopic (exact) mass is 762 g/mol. The summed E-state index contributed by atoms with van der Waals surface area (Å²) in [7, 11) is 1.61. The Kier molecular flexibility index (Phi) is 9.13. The number of ketones is 1. The number of fused-ring (bicyclic) bond motifs is 1. The number of Topliss-reactive ketones (excluding diaryl/α,β-unsaturated/α-hetero) is 1. The second-order valence-electron chi connectivity index (χ2n) is 18.1. The van der Waals surface area contributed by atoms with Crippen LogP contribution in [-0.4, -0.2) is 52.3 Å². The van der Waals surface area contributed by atoms with E-state index in [0.29, 0.717) is 36.4 Å². The van der Waals surface area contributed by atoms with Crippen molar-refractivity contribution in [3.05, 3.63) is 144 Å². The van der Waals surface area contributed by atoms with Crippen LogP contribution in [0.4, 0.5) is 10.5 Å². The number of rotatable bonds is 9. The van der Waals surface area contributed by atoms with Gasteiger partial charge in [-0.05, 0) is 103 Å². The first-order valence-electron chi connectivity index (χ1n) is 20.7. The van der Waals surface area contributed by atoms with Crippen molar-refractivity contribution in [3.8, 4) is 16.9 Å². The SMILES string of the molecule is COc1ccc(NC(=O)N(Cc2ccccc2)C[C@]2(O)CC[C@H]3[C@]45C=C[C@@]6(C=C4C(=O)c4ccc(-c7ccccc7)cc4)CC(O)CC[C@]6(C)[C@H]5CC[C@@]32C)cc1. The molecule has 2 bridgehead atoms. The van der Waals surface area contributed by atoms with Crippen LogP contribution in [0.3, 0.4) is 0 Å². The molecule has 7 heteroatoms. The smallest absolute Gasteiger partial charge is 0.322 e. The van der Waals surface area contributed by atoms with Gasteiger partial charge in [-0.25, -0.2) is 4.79 Å². The number of nitrogens with zero attached hydrogens (tertiary/aromatic N) is 1. The van der Waals surface area contributed by atoms with Crippen molar-refractivity contribution in [2.45, 2.75) is 77.0 Å². The first-order chi connectivity index (χ1) is 27.4. The molecule has 8 atom stereocenters. The summed E-state index contributed by atoms with van der Waals surface area (Å²) in [5, 5.41) is 27.4. The number of aliphatic hydroxyl groups is 2. The first kappa shape index (κ1) is 37.6. The lowest BCUT2D eigenvalue weighted by atomic mass is 9.32. The van der Waals surface area contributed by atoms with Crippen LogP contribution in [0.2, 0.25) is 0 Å². The maximum atomic E-state index is 15.2. The first-order valence-corrected chi connectivity index (χ1v) is 20.7. The summed E-state index contributed by atoms with van der Waals surface area (Å²) in [6, 6.07) is 35.2. The minimum Gasteiger partial charge on any atom is -0.497 e. The van der Waals surface area contributed by atoms with Gasteiger partial charge in [0.25, 0.3) is 0 Å². The third kappa shape index (κ3) is 5.83. The number of carbonyl (C=O) groups excluding carboxylic acids is 2. The average molecular weight is 763 g/mol. The topological polar surface area (TPSA) is 99.1 Å². The molecule has 3 saturated carbocycles. The molecule has 0 aliphatic heterocycles. The van der Waals surface area contributed by atoms with Crippen LogP contribution >= 0.6 is 0 Å². The highest BCUT2D eigenvalue weighted by Gasteiger charge is 2.74. The lowest BCUT2D eigenvalue weighted by Crippen LogP contribution is -2.67. The van der Waals surface area contributed by atoms with Gasteiger partial charge < -0.3 is 25.2 Å². The number of urea groups is 1. The molecule has 4 aromatic rings. The molecule has 1 unspecified atom stereocenters. The summed E-state index contributed by atoms with van der Waals surface area (Å²) in [6.07, 6.45) is 11.7. The molecule has 0 heterocycles. The normalized spacial score (nSPS) is 33.4. The Morgan fingerprint density at radius 1 is 0.772 bits per heavy atom. The van der Waals surface area contributed by atoms with Gasteiger partial charge in [-0.15, -0.1) is 0 Å². The largest absolute Gasteiger partial charge is 0.497 e. The fourth-order valence-corrected chi connectivity index (χ4v) is 12.4. The van der Waals surface area contributed by atoms with Crippen LogP contribution in [0.15, 0.2) is 133 Å². The summed E-state index contributed by atoms with van der Waals surface area (Å²) < 4.78 is 5.33. The number of allylic oxidation sites excluding steroid dienone is 4. The third-order valence-corrected chi connectivity index (χ3v) is 15.5. The number of ether oxygens (including phenoxy) is 1. The highest BCUT2D eigenvalue weighted by molar-refractivity contribution is 6.10. The number of hydrogen-bond acceptors (Lipinski definition) is 5. The molecule has 6 aliphatic rings. The van der Waals surface area contributed by atoms with Crippen LogP contribution in [0.5, 0.6) is 5.75 Å². The number of amides is 2. The number of methoxy groups -OCH3 is 1. The fraction of sp³-hybridized carbons (Fsp3) is 0.400. The molecule has 2 spiro atoms. The van der Waals surface area contributed by atoms with Crippen molar-refractivity contribution in [3.63, 3.8) is 0 Å². The molecule has 3 fully saturated rings. The minimum absolute atomic E-state index is 0.0333. The van der Waals surface area contributed by atoms with Crippen molar-refractivity contribution in [1.82, 2.24) is 4.90 Å². The number of anilines is 1. The van der Waals surface area contributed by atoms with E-state index in [1.165, 1.54) is 0 Å². The van der Waals surface area contributed by atoms with Crippen LogP contribution in [0.25, 0.3) is 11.1 Å². The second-order valence-corrected chi connectivity index (χ2v) is 18.1. The Morgan fingerprint density at radius 2 is 1.40 bits per heavy atom. The van der Waals surface area contributed by atoms with Crippen molar-refractivity contribution in [2.75, 3.05) is 19.0 Å². The molecule has 10 rings (SSSR count). The van der Waals surface area contributed by atoms with Gasteiger partial charge >= 0.3 is 6.03 Å². The van der Waals surface area contributed by atoms with E-state index in [1.807, 2.05) is 97.1 Å². The molecule has 7 nitrogen and oxygen atoms in total. The number of carbonyl (C=O) groups is 2. The molecule has 4 aromatic carbocycles. The molecule has 2 amide bonds. The Hall–Kier alpha value is -4.98. The van der Waals surface area contributed by atoms with Crippen LogP contribution in [0.1, 0.15) is 74.7 Å². The van der Waals surface area contributed by atoms with E-state index in [4.69, 9.17) is 4.74 Å². The van der Waals surface area contributed by atoms with Crippen molar-refractivity contribution in [1.29, 1.82) is 0 Å². The van der Waals surface area contributed by atoms with Gasteiger partial charge in [0.1, 0.15) is 5.75 Å².